The van der Waals surface area contributed by atoms with Gasteiger partial charge in [-0.15, -0.1) is 0 Å². The number of aliphatic hydroxyl groups excluding tert-OH is 2. The van der Waals surface area contributed by atoms with Gasteiger partial charge in [0, 0.05) is 5.92 Å². The van der Waals surface area contributed by atoms with Crippen LogP contribution in [0.15, 0.2) is 12.2 Å². The van der Waals surface area contributed by atoms with Gasteiger partial charge in [-0.3, -0.25) is 4.79 Å². The monoisotopic (exact) mass is 508 g/mol. The Labute approximate surface area is 219 Å². The fraction of sp³-hybridized carbons (Fsp3) is 0.867. The van der Waals surface area contributed by atoms with Gasteiger partial charge in [0.1, 0.15) is 0 Å². The molecule has 6 heteroatoms. The normalized spacial score (nSPS) is 26.1. The third-order valence-electron chi connectivity index (χ3n) is 8.72. The molecule has 0 aromatic carbocycles. The number of aliphatic hydroxyl groups is 2. The Morgan fingerprint density at radius 2 is 1.42 bits per heavy atom. The van der Waals surface area contributed by atoms with Crippen molar-refractivity contribution in [2.75, 3.05) is 26.4 Å². The minimum absolute atomic E-state index is 0.0213. The molecule has 0 radical (unpaired) electrons. The minimum Gasteiger partial charge on any atom is -0.465 e. The molecule has 2 atom stereocenters. The number of unbranched alkanes of at least 4 members (excludes halogenated alkanes) is 2. The standard InChI is InChI=1S/C30H52O6/c1-4-5-6-7-24-10-14-27(15-11-24)28-16-12-25(13-17-28)8-9-26(20-35-29(33)22(2)18-31)21-36-30(34)23(3)19-32/h23-28,31-32H,2,4-21H2,1,3H3. The molecule has 0 amide bonds. The molecule has 0 heterocycles. The van der Waals surface area contributed by atoms with E-state index < -0.39 is 24.5 Å². The molecule has 0 saturated heterocycles. The zero-order chi connectivity index (χ0) is 26.3. The van der Waals surface area contributed by atoms with Crippen LogP contribution in [-0.4, -0.2) is 48.6 Å². The summed E-state index contributed by atoms with van der Waals surface area (Å²) < 4.78 is 10.7. The van der Waals surface area contributed by atoms with Crippen LogP contribution in [0.4, 0.5) is 0 Å². The van der Waals surface area contributed by atoms with E-state index in [4.69, 9.17) is 14.6 Å². The third kappa shape index (κ3) is 10.9. The number of hydrogen-bond donors (Lipinski definition) is 2. The van der Waals surface area contributed by atoms with Crippen LogP contribution in [0, 0.1) is 35.5 Å². The van der Waals surface area contributed by atoms with Gasteiger partial charge in [-0.25, -0.2) is 4.79 Å². The maximum Gasteiger partial charge on any atom is 0.335 e. The fourth-order valence-electron chi connectivity index (χ4n) is 6.04. The molecule has 2 saturated carbocycles. The quantitative estimate of drug-likeness (QED) is 0.155. The van der Waals surface area contributed by atoms with Crippen molar-refractivity contribution in [2.24, 2.45) is 35.5 Å². The summed E-state index contributed by atoms with van der Waals surface area (Å²) in [5.41, 5.74) is 0.0213. The van der Waals surface area contributed by atoms with E-state index in [0.717, 1.165) is 30.6 Å². The van der Waals surface area contributed by atoms with Crippen LogP contribution in [-0.2, 0) is 19.1 Å². The van der Waals surface area contributed by atoms with Crippen molar-refractivity contribution < 1.29 is 29.3 Å². The van der Waals surface area contributed by atoms with Crippen molar-refractivity contribution >= 4 is 11.9 Å². The van der Waals surface area contributed by atoms with Crippen LogP contribution in [0.3, 0.4) is 0 Å². The predicted octanol–water partition coefficient (Wildman–Crippen LogP) is 5.84. The van der Waals surface area contributed by atoms with Gasteiger partial charge in [0.25, 0.3) is 0 Å². The smallest absolute Gasteiger partial charge is 0.335 e. The third-order valence-corrected chi connectivity index (χ3v) is 8.72. The van der Waals surface area contributed by atoms with Crippen molar-refractivity contribution in [3.63, 3.8) is 0 Å². The zero-order valence-corrected chi connectivity index (χ0v) is 22.9. The van der Waals surface area contributed by atoms with E-state index in [1.807, 2.05) is 0 Å². The van der Waals surface area contributed by atoms with Gasteiger partial charge in [-0.1, -0.05) is 64.9 Å². The first kappa shape index (κ1) is 30.8. The van der Waals surface area contributed by atoms with Crippen molar-refractivity contribution in [1.29, 1.82) is 0 Å². The molecular weight excluding hydrogens is 456 g/mol. The van der Waals surface area contributed by atoms with Gasteiger partial charge in [0.05, 0.1) is 37.9 Å². The van der Waals surface area contributed by atoms with Crippen LogP contribution < -0.4 is 0 Å². The van der Waals surface area contributed by atoms with Gasteiger partial charge >= 0.3 is 11.9 Å². The summed E-state index contributed by atoms with van der Waals surface area (Å²) in [5.74, 6) is 1.74. The Morgan fingerprint density at radius 3 is 1.94 bits per heavy atom. The molecule has 2 N–H and O–H groups in total. The minimum atomic E-state index is -0.613. The van der Waals surface area contributed by atoms with Gasteiger partial charge in [-0.2, -0.15) is 0 Å². The second-order valence-electron chi connectivity index (χ2n) is 11.6. The number of carbonyl (C=O) groups excluding carboxylic acids is 2. The van der Waals surface area contributed by atoms with E-state index in [2.05, 4.69) is 13.5 Å². The van der Waals surface area contributed by atoms with Crippen LogP contribution in [0.25, 0.3) is 0 Å². The SMILES string of the molecule is C=C(CO)C(=O)OCC(CCC1CCC(C2CCC(CCCCC)CC2)CC1)COC(=O)C(C)CO. The molecular formula is C30H52O6. The highest BCUT2D eigenvalue weighted by molar-refractivity contribution is 5.87. The molecule has 2 unspecified atom stereocenters. The first-order valence-electron chi connectivity index (χ1n) is 14.6. The Bertz CT molecular complexity index is 646. The van der Waals surface area contributed by atoms with Crippen molar-refractivity contribution in [3.8, 4) is 0 Å². The Balaban J connectivity index is 1.74. The summed E-state index contributed by atoms with van der Waals surface area (Å²) in [6.45, 7) is 7.03. The molecule has 0 aliphatic heterocycles. The molecule has 6 nitrogen and oxygen atoms in total. The number of rotatable bonds is 16. The highest BCUT2D eigenvalue weighted by Gasteiger charge is 2.31. The number of hydrogen-bond acceptors (Lipinski definition) is 6. The first-order chi connectivity index (χ1) is 17.4. The summed E-state index contributed by atoms with van der Waals surface area (Å²) >= 11 is 0. The number of esters is 2. The van der Waals surface area contributed by atoms with Gasteiger partial charge in [-0.05, 0) is 69.1 Å². The molecule has 36 heavy (non-hydrogen) atoms. The van der Waals surface area contributed by atoms with Crippen molar-refractivity contribution in [1.82, 2.24) is 0 Å². The predicted molar refractivity (Wildman–Crippen MR) is 142 cm³/mol. The lowest BCUT2D eigenvalue weighted by Crippen LogP contribution is -2.27. The van der Waals surface area contributed by atoms with Gasteiger partial charge in [0.15, 0.2) is 0 Å². The summed E-state index contributed by atoms with van der Waals surface area (Å²) in [6.07, 6.45) is 18.3. The number of ether oxygens (including phenoxy) is 2. The van der Waals surface area contributed by atoms with E-state index in [-0.39, 0.29) is 31.3 Å². The Hall–Kier alpha value is -1.40. The lowest BCUT2D eigenvalue weighted by Gasteiger charge is -2.38. The van der Waals surface area contributed by atoms with Crippen LogP contribution in [0.1, 0.15) is 104 Å². The van der Waals surface area contributed by atoms with Gasteiger partial charge in [0.2, 0.25) is 0 Å². The second-order valence-corrected chi connectivity index (χ2v) is 11.6. The molecule has 2 fully saturated rings. The molecule has 0 aromatic rings. The maximum atomic E-state index is 12.0. The first-order valence-corrected chi connectivity index (χ1v) is 14.6. The molecule has 0 spiro atoms. The Kier molecular flexibility index (Phi) is 14.7. The molecule has 2 aliphatic rings. The van der Waals surface area contributed by atoms with Crippen LogP contribution >= 0.6 is 0 Å². The maximum absolute atomic E-state index is 12.0. The largest absolute Gasteiger partial charge is 0.465 e. The van der Waals surface area contributed by atoms with E-state index in [0.29, 0.717) is 5.92 Å². The molecule has 2 rings (SSSR count). The lowest BCUT2D eigenvalue weighted by molar-refractivity contribution is -0.152. The summed E-state index contributed by atoms with van der Waals surface area (Å²) in [4.78, 5) is 23.9. The average Bonchev–Trinajstić information content (AvgIpc) is 2.92. The topological polar surface area (TPSA) is 93.1 Å². The summed E-state index contributed by atoms with van der Waals surface area (Å²) in [7, 11) is 0. The van der Waals surface area contributed by atoms with E-state index in [9.17, 15) is 14.7 Å². The van der Waals surface area contributed by atoms with E-state index >= 15 is 0 Å². The summed E-state index contributed by atoms with van der Waals surface area (Å²) in [5, 5.41) is 18.3. The second kappa shape index (κ2) is 17.2. The highest BCUT2D eigenvalue weighted by atomic mass is 16.5. The summed E-state index contributed by atoms with van der Waals surface area (Å²) in [6, 6.07) is 0. The lowest BCUT2D eigenvalue weighted by atomic mass is 9.68. The molecule has 0 bridgehead atoms. The number of carbonyl (C=O) groups is 2. The van der Waals surface area contributed by atoms with Crippen molar-refractivity contribution in [2.45, 2.75) is 104 Å². The van der Waals surface area contributed by atoms with Crippen LogP contribution in [0.2, 0.25) is 0 Å². The van der Waals surface area contributed by atoms with Gasteiger partial charge < -0.3 is 19.7 Å². The Morgan fingerprint density at radius 1 is 0.861 bits per heavy atom. The van der Waals surface area contributed by atoms with Crippen molar-refractivity contribution in [3.05, 3.63) is 12.2 Å². The highest BCUT2D eigenvalue weighted by Crippen LogP contribution is 2.43. The van der Waals surface area contributed by atoms with Crippen LogP contribution in [0.5, 0.6) is 0 Å². The molecule has 0 aromatic heterocycles. The average molecular weight is 509 g/mol. The molecule has 208 valence electrons. The fourth-order valence-corrected chi connectivity index (χ4v) is 6.04. The molecule has 2 aliphatic carbocycles. The van der Waals surface area contributed by atoms with E-state index in [1.165, 1.54) is 77.0 Å². The zero-order valence-electron chi connectivity index (χ0n) is 22.9. The van der Waals surface area contributed by atoms with E-state index in [1.54, 1.807) is 6.92 Å².